The zero-order valence-electron chi connectivity index (χ0n) is 21.2. The molecule has 0 aromatic rings. The van der Waals surface area contributed by atoms with Crippen LogP contribution in [-0.4, -0.2) is 34.8 Å². The number of hydrogen-bond acceptors (Lipinski definition) is 5. The summed E-state index contributed by atoms with van der Waals surface area (Å²) in [5, 5.41) is 20.2. The van der Waals surface area contributed by atoms with Gasteiger partial charge in [-0.05, 0) is 25.7 Å². The molecule has 0 unspecified atom stereocenters. The van der Waals surface area contributed by atoms with Crippen LogP contribution in [0.2, 0.25) is 0 Å². The minimum Gasteiger partial charge on any atom is -0.870 e. The second kappa shape index (κ2) is 35.0. The van der Waals surface area contributed by atoms with Crippen molar-refractivity contribution >= 4 is 29.3 Å². The molecule has 0 rings (SSSR count). The first-order valence-corrected chi connectivity index (χ1v) is 12.9. The van der Waals surface area contributed by atoms with Crippen LogP contribution in [0, 0.1) is 0 Å². The summed E-state index contributed by atoms with van der Waals surface area (Å²) in [6.07, 6.45) is 25.2. The third kappa shape index (κ3) is 43.3. The Morgan fingerprint density at radius 3 is 0.812 bits per heavy atom. The molecule has 0 aromatic heterocycles. The van der Waals surface area contributed by atoms with E-state index in [4.69, 9.17) is 0 Å². The zero-order valence-corrected chi connectivity index (χ0v) is 22.4. The van der Waals surface area contributed by atoms with Crippen LogP contribution < -0.4 is 10.2 Å². The molecule has 0 aliphatic rings. The number of rotatable bonds is 22. The summed E-state index contributed by atoms with van der Waals surface area (Å²) in [5.74, 6) is -1.82. The van der Waals surface area contributed by atoms with Gasteiger partial charge < -0.3 is 25.3 Å². The van der Waals surface area contributed by atoms with E-state index >= 15 is 0 Å². The smallest absolute Gasteiger partial charge is 0.870 e. The van der Waals surface area contributed by atoms with Crippen LogP contribution in [0.5, 0.6) is 0 Å². The summed E-state index contributed by atoms with van der Waals surface area (Å²) in [6.45, 7) is 4.47. The Bertz CT molecular complexity index is 330. The number of carbonyl (C=O) groups is 2. The van der Waals surface area contributed by atoms with Gasteiger partial charge in [-0.15, -0.1) is 0 Å². The number of carbonyl (C=O) groups excluding carboxylic acids is 2. The van der Waals surface area contributed by atoms with E-state index in [0.717, 1.165) is 25.7 Å². The number of hydrogen-bond donors (Lipinski definition) is 0. The molecular formula is C26H51AlO5. The molecule has 0 radical (unpaired) electrons. The number of unbranched alkanes of at least 4 members (excludes halogenated alkanes) is 18. The number of carboxylic acid groups (broad SMARTS) is 2. The summed E-state index contributed by atoms with van der Waals surface area (Å²) in [7, 11) is 0. The molecule has 0 amide bonds. The Morgan fingerprint density at radius 2 is 0.625 bits per heavy atom. The fraction of sp³-hybridized carbons (Fsp3) is 0.923. The molecule has 0 saturated carbocycles. The molecule has 32 heavy (non-hydrogen) atoms. The standard InChI is InChI=1S/2C13H26O2.Al.H2O/c2*1-2-3-4-5-6-7-8-9-10-11-12-13(14)15;;/h2*2-12H2,1H3,(H,14,15);;1H2/q;;+3;/p-3. The first-order valence-electron chi connectivity index (χ1n) is 12.9. The van der Waals surface area contributed by atoms with Gasteiger partial charge in [0.05, 0.1) is 0 Å². The van der Waals surface area contributed by atoms with Crippen LogP contribution in [0.15, 0.2) is 0 Å². The monoisotopic (exact) mass is 470 g/mol. The van der Waals surface area contributed by atoms with Gasteiger partial charge in [0.1, 0.15) is 0 Å². The maximum Gasteiger partial charge on any atom is 3.00 e. The molecule has 0 bridgehead atoms. The van der Waals surface area contributed by atoms with Crippen molar-refractivity contribution in [2.75, 3.05) is 0 Å². The molecule has 6 heteroatoms. The van der Waals surface area contributed by atoms with Gasteiger partial charge in [0.2, 0.25) is 0 Å². The molecule has 0 aliphatic heterocycles. The molecule has 5 nitrogen and oxygen atoms in total. The molecule has 188 valence electrons. The summed E-state index contributed by atoms with van der Waals surface area (Å²) >= 11 is 0. The van der Waals surface area contributed by atoms with Crippen LogP contribution >= 0.6 is 0 Å². The zero-order chi connectivity index (χ0) is 22.7. The summed E-state index contributed by atoms with van der Waals surface area (Å²) < 4.78 is 0. The van der Waals surface area contributed by atoms with Crippen molar-refractivity contribution in [3.05, 3.63) is 0 Å². The molecule has 0 saturated heterocycles. The van der Waals surface area contributed by atoms with Crippen LogP contribution in [-0.2, 0) is 9.59 Å². The van der Waals surface area contributed by atoms with Crippen molar-refractivity contribution in [1.82, 2.24) is 0 Å². The van der Waals surface area contributed by atoms with Gasteiger partial charge in [-0.25, -0.2) is 0 Å². The predicted octanol–water partition coefficient (Wildman–Crippen LogP) is 5.54. The first kappa shape index (κ1) is 38.7. The van der Waals surface area contributed by atoms with Gasteiger partial charge in [0.15, 0.2) is 0 Å². The molecule has 1 N–H and O–H groups in total. The van der Waals surface area contributed by atoms with Gasteiger partial charge in [0, 0.05) is 11.9 Å². The predicted molar refractivity (Wildman–Crippen MR) is 131 cm³/mol. The number of aliphatic carboxylic acids is 2. The summed E-state index contributed by atoms with van der Waals surface area (Å²) in [6, 6.07) is 0. The average molecular weight is 471 g/mol. The van der Waals surface area contributed by atoms with Crippen molar-refractivity contribution in [3.63, 3.8) is 0 Å². The minimum absolute atomic E-state index is 0. The SMILES string of the molecule is CCCCCCCCCCCCC(=O)[O-].CCCCCCCCCCCCC(=O)[O-].[Al+3].[OH-]. The van der Waals surface area contributed by atoms with E-state index in [9.17, 15) is 19.8 Å². The van der Waals surface area contributed by atoms with E-state index in [1.807, 2.05) is 0 Å². The van der Waals surface area contributed by atoms with Crippen LogP contribution in [0.1, 0.15) is 155 Å². The third-order valence-corrected chi connectivity index (χ3v) is 5.47. The van der Waals surface area contributed by atoms with Crippen molar-refractivity contribution < 1.29 is 25.3 Å². The van der Waals surface area contributed by atoms with Gasteiger partial charge >= 0.3 is 17.4 Å². The van der Waals surface area contributed by atoms with E-state index in [1.165, 1.54) is 103 Å². The molecule has 0 atom stereocenters. The topological polar surface area (TPSA) is 110 Å². The second-order valence-corrected chi connectivity index (χ2v) is 8.61. The van der Waals surface area contributed by atoms with Crippen molar-refractivity contribution in [2.24, 2.45) is 0 Å². The number of carboxylic acids is 2. The Balaban J connectivity index is -0.000000231. The Hall–Kier alpha value is -0.568. The molecule has 0 heterocycles. The van der Waals surface area contributed by atoms with E-state index in [2.05, 4.69) is 13.8 Å². The third-order valence-electron chi connectivity index (χ3n) is 5.47. The quantitative estimate of drug-likeness (QED) is 0.152. The molecule has 0 fully saturated rings. The average Bonchev–Trinajstić information content (AvgIpc) is 2.71. The van der Waals surface area contributed by atoms with E-state index < -0.39 is 11.9 Å². The van der Waals surface area contributed by atoms with Gasteiger partial charge in [-0.2, -0.15) is 0 Å². The Kier molecular flexibility index (Phi) is 42.3. The molecule has 0 aromatic carbocycles. The first-order chi connectivity index (χ1) is 14.5. The van der Waals surface area contributed by atoms with Gasteiger partial charge in [-0.3, -0.25) is 0 Å². The van der Waals surface area contributed by atoms with Crippen LogP contribution in [0.25, 0.3) is 0 Å². The van der Waals surface area contributed by atoms with E-state index in [0.29, 0.717) is 0 Å². The molecule has 0 spiro atoms. The van der Waals surface area contributed by atoms with Crippen molar-refractivity contribution in [3.8, 4) is 0 Å². The van der Waals surface area contributed by atoms with Crippen LogP contribution in [0.3, 0.4) is 0 Å². The summed E-state index contributed by atoms with van der Waals surface area (Å²) in [4.78, 5) is 20.2. The van der Waals surface area contributed by atoms with Gasteiger partial charge in [0.25, 0.3) is 0 Å². The van der Waals surface area contributed by atoms with Crippen molar-refractivity contribution in [1.29, 1.82) is 0 Å². The fourth-order valence-corrected chi connectivity index (χ4v) is 3.51. The van der Waals surface area contributed by atoms with Crippen LogP contribution in [0.4, 0.5) is 0 Å². The van der Waals surface area contributed by atoms with E-state index in [-0.39, 0.29) is 35.7 Å². The maximum absolute atomic E-state index is 10.1. The Morgan fingerprint density at radius 1 is 0.438 bits per heavy atom. The molecule has 0 aliphatic carbocycles. The fourth-order valence-electron chi connectivity index (χ4n) is 3.51. The maximum atomic E-state index is 10.1. The van der Waals surface area contributed by atoms with Gasteiger partial charge in [-0.1, -0.05) is 129 Å². The Labute approximate surface area is 209 Å². The van der Waals surface area contributed by atoms with E-state index in [1.54, 1.807) is 0 Å². The largest absolute Gasteiger partial charge is 3.00 e. The summed E-state index contributed by atoms with van der Waals surface area (Å²) in [5.41, 5.74) is 0. The normalized spacial score (nSPS) is 9.81. The second-order valence-electron chi connectivity index (χ2n) is 8.61. The molecular weight excluding hydrogens is 419 g/mol. The minimum atomic E-state index is -0.908. The van der Waals surface area contributed by atoms with Crippen molar-refractivity contribution in [2.45, 2.75) is 155 Å².